The summed E-state index contributed by atoms with van der Waals surface area (Å²) >= 11 is 1.35. The molecule has 1 amide bonds. The lowest BCUT2D eigenvalue weighted by Gasteiger charge is -2.36. The Morgan fingerprint density at radius 1 is 1.03 bits per heavy atom. The van der Waals surface area contributed by atoms with Crippen molar-refractivity contribution in [2.75, 3.05) is 54.2 Å². The molecule has 1 aliphatic rings. The molecule has 3 aromatic rings. The zero-order chi connectivity index (χ0) is 23.2. The highest BCUT2D eigenvalue weighted by atomic mass is 32.2. The van der Waals surface area contributed by atoms with Crippen LogP contribution in [0.3, 0.4) is 0 Å². The maximum absolute atomic E-state index is 12.4. The number of hydrogen-bond acceptors (Lipinski definition) is 7. The third-order valence-corrected chi connectivity index (χ3v) is 6.73. The highest BCUT2D eigenvalue weighted by Gasteiger charge is 2.19. The maximum atomic E-state index is 12.4. The molecule has 0 saturated carbocycles. The van der Waals surface area contributed by atoms with Gasteiger partial charge >= 0.3 is 0 Å². The molecule has 1 N–H and O–H groups in total. The number of aryl methyl sites for hydroxylation is 1. The molecule has 33 heavy (non-hydrogen) atoms. The molecule has 1 aliphatic heterocycles. The molecule has 0 radical (unpaired) electrons. The number of methoxy groups -OCH3 is 1. The van der Waals surface area contributed by atoms with Gasteiger partial charge in [0.1, 0.15) is 11.6 Å². The van der Waals surface area contributed by atoms with E-state index < -0.39 is 0 Å². The maximum Gasteiger partial charge on any atom is 0.234 e. The number of amides is 1. The van der Waals surface area contributed by atoms with Gasteiger partial charge in [0.05, 0.1) is 12.9 Å². The monoisotopic (exact) mass is 463 g/mol. The smallest absolute Gasteiger partial charge is 0.234 e. The first-order chi connectivity index (χ1) is 16.0. The lowest BCUT2D eigenvalue weighted by Crippen LogP contribution is -2.46. The zero-order valence-corrected chi connectivity index (χ0v) is 20.1. The van der Waals surface area contributed by atoms with E-state index in [0.717, 1.165) is 54.6 Å². The third-order valence-electron chi connectivity index (χ3n) is 5.87. The fourth-order valence-corrected chi connectivity index (χ4v) is 4.39. The van der Waals surface area contributed by atoms with Gasteiger partial charge in [0.2, 0.25) is 5.91 Å². The number of aromatic nitrogens is 2. The number of thioether (sulfide) groups is 1. The van der Waals surface area contributed by atoms with Crippen molar-refractivity contribution in [3.05, 3.63) is 65.9 Å². The second-order valence-corrected chi connectivity index (χ2v) is 8.90. The third kappa shape index (κ3) is 5.76. The average molecular weight is 464 g/mol. The van der Waals surface area contributed by atoms with E-state index in [4.69, 9.17) is 9.72 Å². The van der Waals surface area contributed by atoms with Gasteiger partial charge in [0, 0.05) is 43.8 Å². The van der Waals surface area contributed by atoms with Gasteiger partial charge in [0.25, 0.3) is 0 Å². The predicted octanol–water partition coefficient (Wildman–Crippen LogP) is 4.16. The van der Waals surface area contributed by atoms with E-state index in [1.54, 1.807) is 13.3 Å². The molecule has 172 valence electrons. The van der Waals surface area contributed by atoms with Crippen molar-refractivity contribution in [3.63, 3.8) is 0 Å². The Morgan fingerprint density at radius 3 is 2.48 bits per heavy atom. The quantitative estimate of drug-likeness (QED) is 0.417. The first kappa shape index (κ1) is 22.9. The van der Waals surface area contributed by atoms with E-state index in [1.807, 2.05) is 50.2 Å². The molecule has 0 spiro atoms. The fourth-order valence-electron chi connectivity index (χ4n) is 3.77. The van der Waals surface area contributed by atoms with Crippen LogP contribution < -0.4 is 19.9 Å². The van der Waals surface area contributed by atoms with Crippen molar-refractivity contribution < 1.29 is 9.53 Å². The molecule has 4 rings (SSSR count). The minimum absolute atomic E-state index is 0.0594. The van der Waals surface area contributed by atoms with E-state index in [2.05, 4.69) is 32.2 Å². The normalized spacial score (nSPS) is 13.7. The van der Waals surface area contributed by atoms with E-state index in [9.17, 15) is 4.79 Å². The number of nitrogens with zero attached hydrogens (tertiary/aromatic N) is 4. The summed E-state index contributed by atoms with van der Waals surface area (Å²) in [4.78, 5) is 26.1. The van der Waals surface area contributed by atoms with Crippen molar-refractivity contribution >= 4 is 34.9 Å². The van der Waals surface area contributed by atoms with Crippen molar-refractivity contribution in [2.45, 2.75) is 19.0 Å². The Balaban J connectivity index is 1.30. The number of carbonyl (C=O) groups excluding carboxylic acids is 1. The topological polar surface area (TPSA) is 70.6 Å². The minimum Gasteiger partial charge on any atom is -0.497 e. The summed E-state index contributed by atoms with van der Waals surface area (Å²) in [7, 11) is 1.68. The summed E-state index contributed by atoms with van der Waals surface area (Å²) in [5.41, 5.74) is 4.29. The van der Waals surface area contributed by atoms with Gasteiger partial charge in [-0.05, 0) is 61.4 Å². The van der Waals surface area contributed by atoms with Crippen molar-refractivity contribution in [3.8, 4) is 5.75 Å². The first-order valence-electron chi connectivity index (χ1n) is 11.0. The van der Waals surface area contributed by atoms with Gasteiger partial charge < -0.3 is 19.9 Å². The van der Waals surface area contributed by atoms with E-state index in [1.165, 1.54) is 17.4 Å². The van der Waals surface area contributed by atoms with Crippen molar-refractivity contribution in [2.24, 2.45) is 0 Å². The number of hydrogen-bond donors (Lipinski definition) is 1. The summed E-state index contributed by atoms with van der Waals surface area (Å²) < 4.78 is 5.25. The van der Waals surface area contributed by atoms with Crippen LogP contribution in [-0.4, -0.2) is 54.9 Å². The highest BCUT2D eigenvalue weighted by Crippen LogP contribution is 2.24. The van der Waals surface area contributed by atoms with Crippen LogP contribution in [0.25, 0.3) is 0 Å². The average Bonchev–Trinajstić information content (AvgIpc) is 2.86. The number of rotatable bonds is 7. The molecule has 2 aromatic carbocycles. The first-order valence-corrected chi connectivity index (χ1v) is 12.0. The summed E-state index contributed by atoms with van der Waals surface area (Å²) in [6, 6.07) is 16.0. The van der Waals surface area contributed by atoms with E-state index in [-0.39, 0.29) is 11.7 Å². The zero-order valence-electron chi connectivity index (χ0n) is 19.2. The number of anilines is 3. The second kappa shape index (κ2) is 10.6. The molecule has 7 nitrogen and oxygen atoms in total. The molecule has 0 atom stereocenters. The molecule has 1 aromatic heterocycles. The number of carbonyl (C=O) groups is 1. The van der Waals surface area contributed by atoms with Crippen molar-refractivity contribution in [1.82, 2.24) is 9.97 Å². The summed E-state index contributed by atoms with van der Waals surface area (Å²) in [6.45, 7) is 7.63. The van der Waals surface area contributed by atoms with Crippen LogP contribution in [0.4, 0.5) is 17.2 Å². The summed E-state index contributed by atoms with van der Waals surface area (Å²) in [5.74, 6) is 1.97. The molecule has 8 heteroatoms. The summed E-state index contributed by atoms with van der Waals surface area (Å²) in [6.07, 6.45) is 1.77. The van der Waals surface area contributed by atoms with Crippen LogP contribution in [0, 0.1) is 13.8 Å². The Bertz CT molecular complexity index is 1100. The van der Waals surface area contributed by atoms with Gasteiger partial charge in [-0.2, -0.15) is 0 Å². The standard InChI is InChI=1S/C25H29N5O2S/c1-18-5-4-6-22(19(18)2)27-24(31)17-33-25-26-12-11-23(28-25)30-15-13-29(14-16-30)20-7-9-21(32-3)10-8-20/h4-12H,13-17H2,1-3H3,(H,27,31). The second-order valence-electron chi connectivity index (χ2n) is 7.95. The van der Waals surface area contributed by atoms with Crippen LogP contribution in [0.2, 0.25) is 0 Å². The number of nitrogens with one attached hydrogen (secondary N) is 1. The number of benzene rings is 2. The van der Waals surface area contributed by atoms with Gasteiger partial charge in [-0.1, -0.05) is 23.9 Å². The Labute approximate surface area is 199 Å². The molecule has 0 aliphatic carbocycles. The molecule has 1 saturated heterocycles. The van der Waals surface area contributed by atoms with Gasteiger partial charge in [0.15, 0.2) is 5.16 Å². The lowest BCUT2D eigenvalue weighted by molar-refractivity contribution is -0.113. The molecular formula is C25H29N5O2S. The minimum atomic E-state index is -0.0594. The summed E-state index contributed by atoms with van der Waals surface area (Å²) in [5, 5.41) is 3.60. The van der Waals surface area contributed by atoms with Crippen LogP contribution in [0.1, 0.15) is 11.1 Å². The lowest BCUT2D eigenvalue weighted by atomic mass is 10.1. The van der Waals surface area contributed by atoms with Gasteiger partial charge in [-0.25, -0.2) is 9.97 Å². The van der Waals surface area contributed by atoms with Crippen molar-refractivity contribution in [1.29, 1.82) is 0 Å². The van der Waals surface area contributed by atoms with Crippen LogP contribution in [0.15, 0.2) is 59.9 Å². The largest absolute Gasteiger partial charge is 0.497 e. The van der Waals surface area contributed by atoms with E-state index >= 15 is 0 Å². The van der Waals surface area contributed by atoms with Crippen LogP contribution >= 0.6 is 11.8 Å². The molecule has 0 bridgehead atoms. The SMILES string of the molecule is COc1ccc(N2CCN(c3ccnc(SCC(=O)Nc4cccc(C)c4C)n3)CC2)cc1. The van der Waals surface area contributed by atoms with Crippen LogP contribution in [-0.2, 0) is 4.79 Å². The van der Waals surface area contributed by atoms with E-state index in [0.29, 0.717) is 5.16 Å². The Kier molecular flexibility index (Phi) is 7.34. The molecule has 1 fully saturated rings. The Hall–Kier alpha value is -3.26. The fraction of sp³-hybridized carbons (Fsp3) is 0.320. The van der Waals surface area contributed by atoms with Gasteiger partial charge in [-0.15, -0.1) is 0 Å². The Morgan fingerprint density at radius 2 is 1.76 bits per heavy atom. The van der Waals surface area contributed by atoms with Gasteiger partial charge in [-0.3, -0.25) is 4.79 Å². The predicted molar refractivity (Wildman–Crippen MR) is 135 cm³/mol. The highest BCUT2D eigenvalue weighted by molar-refractivity contribution is 7.99. The molecule has 0 unspecified atom stereocenters. The van der Waals surface area contributed by atoms with Crippen LogP contribution in [0.5, 0.6) is 5.75 Å². The molecule has 2 heterocycles. The molecular weight excluding hydrogens is 434 g/mol. The number of ether oxygens (including phenoxy) is 1. The number of piperazine rings is 1.